The van der Waals surface area contributed by atoms with Crippen molar-refractivity contribution >= 4 is 0 Å². The molecule has 0 spiro atoms. The van der Waals surface area contributed by atoms with Crippen molar-refractivity contribution in [1.82, 2.24) is 0 Å². The highest BCUT2D eigenvalue weighted by Crippen LogP contribution is 2.16. The van der Waals surface area contributed by atoms with Gasteiger partial charge in [-0.1, -0.05) is 0 Å². The van der Waals surface area contributed by atoms with Gasteiger partial charge in [0, 0.05) is 0 Å². The number of hydrogen-bond acceptors (Lipinski definition) is 3. The van der Waals surface area contributed by atoms with Crippen molar-refractivity contribution in [2.45, 2.75) is 6.92 Å². The molecule has 0 saturated heterocycles. The maximum Gasteiger partial charge on any atom is 0.119 e. The molecule has 0 aliphatic heterocycles. The number of aliphatic hydroxyl groups is 1. The lowest BCUT2D eigenvalue weighted by Crippen LogP contribution is -2.01. The van der Waals surface area contributed by atoms with Crippen LogP contribution in [-0.4, -0.2) is 18.3 Å². The molecule has 1 aromatic carbocycles. The van der Waals surface area contributed by atoms with Crippen molar-refractivity contribution in [3.8, 4) is 11.8 Å². The molecule has 13 heavy (non-hydrogen) atoms. The Labute approximate surface area is 77.2 Å². The third-order valence-electron chi connectivity index (χ3n) is 1.68. The fourth-order valence-corrected chi connectivity index (χ4v) is 1.01. The SMILES string of the molecule is Cc1cc(OCCO)ccc1C#N. The molecule has 3 nitrogen and oxygen atoms in total. The molecular weight excluding hydrogens is 166 g/mol. The fourth-order valence-electron chi connectivity index (χ4n) is 1.01. The van der Waals surface area contributed by atoms with Crippen molar-refractivity contribution in [2.75, 3.05) is 13.2 Å². The Kier molecular flexibility index (Phi) is 3.30. The maximum absolute atomic E-state index is 8.65. The number of nitriles is 1. The van der Waals surface area contributed by atoms with Crippen LogP contribution in [0.5, 0.6) is 5.75 Å². The summed E-state index contributed by atoms with van der Waals surface area (Å²) in [5, 5.41) is 17.2. The van der Waals surface area contributed by atoms with Gasteiger partial charge < -0.3 is 9.84 Å². The van der Waals surface area contributed by atoms with Crippen LogP contribution < -0.4 is 4.74 Å². The Hall–Kier alpha value is -1.53. The van der Waals surface area contributed by atoms with Crippen LogP contribution in [0.3, 0.4) is 0 Å². The van der Waals surface area contributed by atoms with Crippen molar-refractivity contribution in [3.63, 3.8) is 0 Å². The molecule has 0 bridgehead atoms. The first-order valence-electron chi connectivity index (χ1n) is 4.02. The van der Waals surface area contributed by atoms with E-state index in [4.69, 9.17) is 15.1 Å². The van der Waals surface area contributed by atoms with E-state index in [-0.39, 0.29) is 13.2 Å². The average Bonchev–Trinajstić information content (AvgIpc) is 2.15. The molecule has 1 rings (SSSR count). The second-order valence-electron chi connectivity index (χ2n) is 2.66. The highest BCUT2D eigenvalue weighted by atomic mass is 16.5. The Morgan fingerprint density at radius 1 is 1.54 bits per heavy atom. The van der Waals surface area contributed by atoms with Gasteiger partial charge in [-0.2, -0.15) is 5.26 Å². The summed E-state index contributed by atoms with van der Waals surface area (Å²) in [6.45, 7) is 2.13. The summed E-state index contributed by atoms with van der Waals surface area (Å²) in [6, 6.07) is 7.29. The van der Waals surface area contributed by atoms with Gasteiger partial charge in [-0.15, -0.1) is 0 Å². The van der Waals surface area contributed by atoms with Gasteiger partial charge in [-0.25, -0.2) is 0 Å². The third-order valence-corrected chi connectivity index (χ3v) is 1.68. The first kappa shape index (κ1) is 9.56. The number of nitrogens with zero attached hydrogens (tertiary/aromatic N) is 1. The lowest BCUT2D eigenvalue weighted by molar-refractivity contribution is 0.201. The van der Waals surface area contributed by atoms with Crippen LogP contribution in [0.25, 0.3) is 0 Å². The van der Waals surface area contributed by atoms with E-state index in [0.717, 1.165) is 5.56 Å². The van der Waals surface area contributed by atoms with Crippen LogP contribution in [0.4, 0.5) is 0 Å². The minimum atomic E-state index is -0.000943. The fraction of sp³-hybridized carbons (Fsp3) is 0.300. The molecular formula is C10H11NO2. The van der Waals surface area contributed by atoms with Gasteiger partial charge in [0.2, 0.25) is 0 Å². The van der Waals surface area contributed by atoms with E-state index in [1.807, 2.05) is 6.92 Å². The van der Waals surface area contributed by atoms with Crippen LogP contribution >= 0.6 is 0 Å². The van der Waals surface area contributed by atoms with Gasteiger partial charge in [0.05, 0.1) is 18.2 Å². The van der Waals surface area contributed by atoms with Gasteiger partial charge in [0.15, 0.2) is 0 Å². The summed E-state index contributed by atoms with van der Waals surface area (Å²) >= 11 is 0. The van der Waals surface area contributed by atoms with E-state index in [2.05, 4.69) is 6.07 Å². The van der Waals surface area contributed by atoms with Crippen LogP contribution in [0.15, 0.2) is 18.2 Å². The topological polar surface area (TPSA) is 53.2 Å². The Balaban J connectivity index is 2.79. The number of ether oxygens (including phenoxy) is 1. The molecule has 0 heterocycles. The highest BCUT2D eigenvalue weighted by Gasteiger charge is 1.98. The molecule has 0 fully saturated rings. The lowest BCUT2D eigenvalue weighted by Gasteiger charge is -2.05. The normalized spacial score (nSPS) is 9.31. The second-order valence-corrected chi connectivity index (χ2v) is 2.66. The van der Waals surface area contributed by atoms with Crippen molar-refractivity contribution < 1.29 is 9.84 Å². The zero-order valence-electron chi connectivity index (χ0n) is 7.45. The Morgan fingerprint density at radius 3 is 2.85 bits per heavy atom. The van der Waals surface area contributed by atoms with E-state index < -0.39 is 0 Å². The largest absolute Gasteiger partial charge is 0.491 e. The summed E-state index contributed by atoms with van der Waals surface area (Å²) in [6.07, 6.45) is 0. The molecule has 1 N–H and O–H groups in total. The van der Waals surface area contributed by atoms with Crippen LogP contribution in [0.1, 0.15) is 11.1 Å². The highest BCUT2D eigenvalue weighted by molar-refractivity contribution is 5.41. The molecule has 1 aromatic rings. The molecule has 0 radical (unpaired) electrons. The third kappa shape index (κ3) is 2.46. The predicted octanol–water partition coefficient (Wildman–Crippen LogP) is 1.24. The van der Waals surface area contributed by atoms with Crippen LogP contribution in [-0.2, 0) is 0 Å². The Morgan fingerprint density at radius 2 is 2.31 bits per heavy atom. The van der Waals surface area contributed by atoms with Crippen molar-refractivity contribution in [3.05, 3.63) is 29.3 Å². The molecule has 0 amide bonds. The Bertz CT molecular complexity index is 328. The average molecular weight is 177 g/mol. The van der Waals surface area contributed by atoms with E-state index in [9.17, 15) is 0 Å². The van der Waals surface area contributed by atoms with Crippen molar-refractivity contribution in [1.29, 1.82) is 5.26 Å². The first-order chi connectivity index (χ1) is 6.27. The van der Waals surface area contributed by atoms with Crippen molar-refractivity contribution in [2.24, 2.45) is 0 Å². The molecule has 0 atom stereocenters. The van der Waals surface area contributed by atoms with Crippen LogP contribution in [0.2, 0.25) is 0 Å². The number of benzene rings is 1. The molecule has 68 valence electrons. The lowest BCUT2D eigenvalue weighted by atomic mass is 10.1. The number of rotatable bonds is 3. The zero-order chi connectivity index (χ0) is 9.68. The van der Waals surface area contributed by atoms with E-state index in [1.165, 1.54) is 0 Å². The summed E-state index contributed by atoms with van der Waals surface area (Å²) in [5.74, 6) is 0.686. The maximum atomic E-state index is 8.65. The smallest absolute Gasteiger partial charge is 0.119 e. The zero-order valence-corrected chi connectivity index (χ0v) is 7.45. The van der Waals surface area contributed by atoms with Gasteiger partial charge in [-0.3, -0.25) is 0 Å². The number of hydrogen-bond donors (Lipinski definition) is 1. The standard InChI is InChI=1S/C10H11NO2/c1-8-6-10(13-5-4-12)3-2-9(8)7-11/h2-3,6,12H,4-5H2,1H3. The number of aryl methyl sites for hydroxylation is 1. The summed E-state index contributed by atoms with van der Waals surface area (Å²) < 4.78 is 5.18. The van der Waals surface area contributed by atoms with Gasteiger partial charge >= 0.3 is 0 Å². The number of aliphatic hydroxyl groups excluding tert-OH is 1. The second kappa shape index (κ2) is 4.48. The van der Waals surface area contributed by atoms with E-state index >= 15 is 0 Å². The monoisotopic (exact) mass is 177 g/mol. The molecule has 3 heteroatoms. The minimum Gasteiger partial charge on any atom is -0.491 e. The van der Waals surface area contributed by atoms with Gasteiger partial charge in [0.1, 0.15) is 12.4 Å². The van der Waals surface area contributed by atoms with E-state index in [1.54, 1.807) is 18.2 Å². The molecule has 0 aliphatic rings. The molecule has 0 aliphatic carbocycles. The molecule has 0 saturated carbocycles. The van der Waals surface area contributed by atoms with Gasteiger partial charge in [0.25, 0.3) is 0 Å². The molecule has 0 unspecified atom stereocenters. The quantitative estimate of drug-likeness (QED) is 0.755. The summed E-state index contributed by atoms with van der Waals surface area (Å²) in [7, 11) is 0. The first-order valence-corrected chi connectivity index (χ1v) is 4.02. The summed E-state index contributed by atoms with van der Waals surface area (Å²) in [5.41, 5.74) is 1.54. The van der Waals surface area contributed by atoms with Crippen LogP contribution in [0, 0.1) is 18.3 Å². The predicted molar refractivity (Wildman–Crippen MR) is 48.5 cm³/mol. The van der Waals surface area contributed by atoms with E-state index in [0.29, 0.717) is 11.3 Å². The van der Waals surface area contributed by atoms with Gasteiger partial charge in [-0.05, 0) is 30.7 Å². The minimum absolute atomic E-state index is 0.000943. The summed E-state index contributed by atoms with van der Waals surface area (Å²) in [4.78, 5) is 0. The molecule has 0 aromatic heterocycles.